The molecule has 150 valence electrons. The van der Waals surface area contributed by atoms with Gasteiger partial charge in [0.25, 0.3) is 0 Å². The fourth-order valence-corrected chi connectivity index (χ4v) is 4.26. The summed E-state index contributed by atoms with van der Waals surface area (Å²) in [6.07, 6.45) is 1.73. The highest BCUT2D eigenvalue weighted by atomic mass is 16.5. The van der Waals surface area contributed by atoms with E-state index in [0.29, 0.717) is 6.04 Å². The van der Waals surface area contributed by atoms with E-state index in [1.807, 2.05) is 37.2 Å². The van der Waals surface area contributed by atoms with E-state index >= 15 is 0 Å². The minimum absolute atomic E-state index is 0.0267. The van der Waals surface area contributed by atoms with Crippen LogP contribution < -0.4 is 14.2 Å². The predicted octanol–water partition coefficient (Wildman–Crippen LogP) is 3.29. The Morgan fingerprint density at radius 2 is 1.97 bits per heavy atom. The number of amides is 1. The molecule has 0 spiro atoms. The van der Waals surface area contributed by atoms with Crippen molar-refractivity contribution < 1.29 is 18.8 Å². The van der Waals surface area contributed by atoms with Crippen LogP contribution in [0.1, 0.15) is 24.2 Å². The summed E-state index contributed by atoms with van der Waals surface area (Å²) in [5, 5.41) is 0. The van der Waals surface area contributed by atoms with Crippen molar-refractivity contribution in [1.82, 2.24) is 4.81 Å². The van der Waals surface area contributed by atoms with Gasteiger partial charge in [0, 0.05) is 12.6 Å². The first-order chi connectivity index (χ1) is 14.0. The molecule has 0 aromatic heterocycles. The average Bonchev–Trinajstić information content (AvgIpc) is 3.26. The summed E-state index contributed by atoms with van der Waals surface area (Å²) in [6, 6.07) is 14.6. The van der Waals surface area contributed by atoms with Crippen molar-refractivity contribution in [2.24, 2.45) is 0 Å². The monoisotopic (exact) mass is 392 g/mol. The van der Waals surface area contributed by atoms with Crippen LogP contribution in [0.15, 0.2) is 42.5 Å². The number of hydrogen-bond acceptors (Lipinski definition) is 5. The van der Waals surface area contributed by atoms with Crippen molar-refractivity contribution in [3.8, 4) is 11.5 Å². The summed E-state index contributed by atoms with van der Waals surface area (Å²) >= 11 is 0. The molecule has 1 fully saturated rings. The fourth-order valence-electron chi connectivity index (χ4n) is 4.26. The van der Waals surface area contributed by atoms with E-state index < -0.39 is 0 Å². The summed E-state index contributed by atoms with van der Waals surface area (Å²) in [4.78, 5) is 15.4. The number of carbonyl (C=O) groups excluding carboxylic acids is 1. The lowest BCUT2D eigenvalue weighted by Gasteiger charge is -2.25. The Kier molecular flexibility index (Phi) is 5.56. The first-order valence-electron chi connectivity index (χ1n) is 10.1. The zero-order valence-corrected chi connectivity index (χ0v) is 17.4. The van der Waals surface area contributed by atoms with Gasteiger partial charge in [-0.15, -0.1) is 0 Å². The van der Waals surface area contributed by atoms with Gasteiger partial charge in [0.2, 0.25) is 6.41 Å². The molecule has 1 amide bonds. The average molecular weight is 392 g/mol. The molecule has 0 N–H and O–H groups in total. The van der Waals surface area contributed by atoms with E-state index in [0.717, 1.165) is 42.1 Å². The SMILES string of the molecule is COc1ccc(CC(C)N2CC(c3ccc4c(c3)N(C=O)B(C)O4)OB2C)cc1. The van der Waals surface area contributed by atoms with Crippen LogP contribution >= 0.6 is 0 Å². The number of anilines is 1. The van der Waals surface area contributed by atoms with E-state index in [2.05, 4.69) is 30.7 Å². The molecule has 2 aliphatic heterocycles. The quantitative estimate of drug-likeness (QED) is 0.558. The molecule has 29 heavy (non-hydrogen) atoms. The Morgan fingerprint density at radius 3 is 2.66 bits per heavy atom. The summed E-state index contributed by atoms with van der Waals surface area (Å²) in [6.45, 7) is 7.01. The third kappa shape index (κ3) is 3.87. The number of hydrogen-bond donors (Lipinski definition) is 0. The van der Waals surface area contributed by atoms with Gasteiger partial charge in [-0.25, -0.2) is 0 Å². The second-order valence-electron chi connectivity index (χ2n) is 7.78. The summed E-state index contributed by atoms with van der Waals surface area (Å²) in [5.74, 6) is 1.61. The molecule has 0 bridgehead atoms. The van der Waals surface area contributed by atoms with Crippen molar-refractivity contribution >= 4 is 26.2 Å². The van der Waals surface area contributed by atoms with E-state index in [1.54, 1.807) is 11.9 Å². The summed E-state index contributed by atoms with van der Waals surface area (Å²) < 4.78 is 17.2. The lowest BCUT2D eigenvalue weighted by molar-refractivity contribution is -0.106. The Bertz CT molecular complexity index is 879. The number of nitrogens with zero attached hydrogens (tertiary/aromatic N) is 2. The van der Waals surface area contributed by atoms with Crippen LogP contribution in [0.4, 0.5) is 5.69 Å². The molecule has 2 aliphatic rings. The molecule has 0 radical (unpaired) electrons. The first kappa shape index (κ1) is 19.9. The summed E-state index contributed by atoms with van der Waals surface area (Å²) in [5.41, 5.74) is 3.16. The second kappa shape index (κ2) is 8.13. The number of rotatable bonds is 6. The molecule has 6 nitrogen and oxygen atoms in total. The zero-order chi connectivity index (χ0) is 20.5. The third-order valence-corrected chi connectivity index (χ3v) is 5.90. The normalized spacial score (nSPS) is 19.9. The van der Waals surface area contributed by atoms with Crippen molar-refractivity contribution in [2.75, 3.05) is 18.5 Å². The highest BCUT2D eigenvalue weighted by molar-refractivity contribution is 6.61. The highest BCUT2D eigenvalue weighted by Gasteiger charge is 2.38. The van der Waals surface area contributed by atoms with Crippen molar-refractivity contribution in [2.45, 2.75) is 39.1 Å². The van der Waals surface area contributed by atoms with Crippen LogP contribution in [-0.4, -0.2) is 45.0 Å². The minimum Gasteiger partial charge on any atom is -0.540 e. The van der Waals surface area contributed by atoms with Gasteiger partial charge in [-0.3, -0.25) is 4.79 Å². The van der Waals surface area contributed by atoms with E-state index in [9.17, 15) is 4.79 Å². The van der Waals surface area contributed by atoms with E-state index in [1.165, 1.54) is 5.56 Å². The van der Waals surface area contributed by atoms with Gasteiger partial charge in [-0.1, -0.05) is 25.1 Å². The van der Waals surface area contributed by atoms with Crippen molar-refractivity contribution in [3.05, 3.63) is 53.6 Å². The van der Waals surface area contributed by atoms with Gasteiger partial charge in [0.1, 0.15) is 11.5 Å². The van der Waals surface area contributed by atoms with Crippen LogP contribution in [0.5, 0.6) is 11.5 Å². The number of benzene rings is 2. The first-order valence-corrected chi connectivity index (χ1v) is 10.1. The standard InChI is InChI=1S/C21H26B2N2O4/c1-15(11-16-5-8-18(27-4)9-6-16)24-13-21(29-22(24)2)17-7-10-20-19(12-17)25(14-26)23(3)28-20/h5-10,12,14-15,21H,11,13H2,1-4H3. The van der Waals surface area contributed by atoms with Gasteiger partial charge < -0.3 is 23.7 Å². The molecule has 1 saturated heterocycles. The predicted molar refractivity (Wildman–Crippen MR) is 116 cm³/mol. The van der Waals surface area contributed by atoms with Gasteiger partial charge >= 0.3 is 14.1 Å². The number of carbonyl (C=O) groups is 1. The number of fused-ring (bicyclic) bond motifs is 1. The zero-order valence-electron chi connectivity index (χ0n) is 17.4. The van der Waals surface area contributed by atoms with Crippen molar-refractivity contribution in [1.29, 1.82) is 0 Å². The molecule has 8 heteroatoms. The van der Waals surface area contributed by atoms with Gasteiger partial charge in [0.15, 0.2) is 0 Å². The van der Waals surface area contributed by atoms with E-state index in [-0.39, 0.29) is 20.2 Å². The maximum Gasteiger partial charge on any atom is 0.486 e. The molecule has 2 aromatic carbocycles. The summed E-state index contributed by atoms with van der Waals surface area (Å²) in [7, 11) is 1.43. The largest absolute Gasteiger partial charge is 0.540 e. The highest BCUT2D eigenvalue weighted by Crippen LogP contribution is 2.39. The molecule has 2 unspecified atom stereocenters. The van der Waals surface area contributed by atoms with Crippen molar-refractivity contribution in [3.63, 3.8) is 0 Å². The third-order valence-electron chi connectivity index (χ3n) is 5.90. The molecule has 2 heterocycles. The van der Waals surface area contributed by atoms with Crippen LogP contribution in [0, 0.1) is 0 Å². The number of methoxy groups -OCH3 is 1. The molecule has 0 saturated carbocycles. The Labute approximate surface area is 173 Å². The van der Waals surface area contributed by atoms with Crippen LogP contribution in [0.25, 0.3) is 0 Å². The fraction of sp³-hybridized carbons (Fsp3) is 0.381. The van der Waals surface area contributed by atoms with Crippen LogP contribution in [0.3, 0.4) is 0 Å². The minimum atomic E-state index is -0.276. The second-order valence-corrected chi connectivity index (χ2v) is 7.78. The van der Waals surface area contributed by atoms with Crippen LogP contribution in [-0.2, 0) is 15.9 Å². The topological polar surface area (TPSA) is 51.2 Å². The maximum atomic E-state index is 11.4. The molecular formula is C21H26B2N2O4. The van der Waals surface area contributed by atoms with Gasteiger partial charge in [-0.2, -0.15) is 0 Å². The lowest BCUT2D eigenvalue weighted by Crippen LogP contribution is -2.40. The smallest absolute Gasteiger partial charge is 0.486 e. The van der Waals surface area contributed by atoms with Gasteiger partial charge in [0.05, 0.1) is 18.9 Å². The molecule has 2 atom stereocenters. The maximum absolute atomic E-state index is 11.4. The van der Waals surface area contributed by atoms with Crippen LogP contribution in [0.2, 0.25) is 13.6 Å². The molecule has 2 aromatic rings. The van der Waals surface area contributed by atoms with E-state index in [4.69, 9.17) is 14.0 Å². The molecule has 0 aliphatic carbocycles. The molecule has 4 rings (SSSR count). The Balaban J connectivity index is 1.46. The molecular weight excluding hydrogens is 366 g/mol. The van der Waals surface area contributed by atoms with Gasteiger partial charge in [-0.05, 0) is 55.5 Å². The Hall–Kier alpha value is -2.44. The lowest BCUT2D eigenvalue weighted by atomic mass is 9.83. The Morgan fingerprint density at radius 1 is 1.21 bits per heavy atom. The number of ether oxygens (including phenoxy) is 1.